The average molecular weight is 418 g/mol. The van der Waals surface area contributed by atoms with E-state index >= 15 is 0 Å². The number of hydrogen-bond acceptors (Lipinski definition) is 7. The van der Waals surface area contributed by atoms with E-state index in [1.807, 2.05) is 0 Å². The molecule has 2 aromatic heterocycles. The minimum absolute atomic E-state index is 0.0802. The molecular formula is C15H17Cl2N5O3S. The molecule has 3 heterocycles. The second kappa shape index (κ2) is 6.05. The largest absolute Gasteiger partial charge is 0.388 e. The maximum absolute atomic E-state index is 11.1. The van der Waals surface area contributed by atoms with Crippen LogP contribution in [-0.4, -0.2) is 51.9 Å². The fourth-order valence-corrected chi connectivity index (χ4v) is 4.03. The van der Waals surface area contributed by atoms with Crippen LogP contribution in [0.2, 0.25) is 0 Å². The molecule has 5 N–H and O–H groups in total. The number of hydrogen-bond donors (Lipinski definition) is 4. The standard InChI is InChI=1S/C15H17Cl2N5O3S/c1-13(2,23)10-14(3,24)15(17,4-5-16)11(25-10)22-6-19-7-8(22)20-12(18)21-9(7)26/h6,10-11,23-24H,1-3H3,(H3,18,20,21,26)/t10-,11-,14-,15?/m1/s1. The highest BCUT2D eigenvalue weighted by molar-refractivity contribution is 7.71. The summed E-state index contributed by atoms with van der Waals surface area (Å²) in [6.45, 7) is 4.42. The molecule has 1 saturated heterocycles. The number of fused-ring (bicyclic) bond motifs is 1. The van der Waals surface area contributed by atoms with Crippen LogP contribution in [0, 0.1) is 15.9 Å². The zero-order valence-electron chi connectivity index (χ0n) is 14.1. The Kier molecular flexibility index (Phi) is 4.51. The molecule has 0 bridgehead atoms. The number of anilines is 1. The van der Waals surface area contributed by atoms with Crippen LogP contribution in [0.15, 0.2) is 6.33 Å². The van der Waals surface area contributed by atoms with Crippen LogP contribution < -0.4 is 5.73 Å². The molecule has 0 radical (unpaired) electrons. The van der Waals surface area contributed by atoms with Crippen LogP contribution in [-0.2, 0) is 4.74 Å². The molecule has 1 aliphatic rings. The van der Waals surface area contributed by atoms with Gasteiger partial charge in [0.2, 0.25) is 5.95 Å². The predicted molar refractivity (Wildman–Crippen MR) is 100 cm³/mol. The third kappa shape index (κ3) is 2.69. The zero-order chi connectivity index (χ0) is 19.5. The molecule has 0 amide bonds. The molecule has 0 aliphatic carbocycles. The third-order valence-electron chi connectivity index (χ3n) is 4.43. The van der Waals surface area contributed by atoms with Crippen molar-refractivity contribution in [1.29, 1.82) is 0 Å². The van der Waals surface area contributed by atoms with E-state index in [0.29, 0.717) is 15.8 Å². The SMILES string of the molecule is CC(C)(O)[C@H]1O[C@@H](n2cnc3c(=S)[nH]c(N)nc32)C(Cl)(C#CCl)[C@]1(C)O. The van der Waals surface area contributed by atoms with Gasteiger partial charge in [0.15, 0.2) is 16.7 Å². The van der Waals surface area contributed by atoms with Crippen molar-refractivity contribution in [2.45, 2.75) is 49.2 Å². The van der Waals surface area contributed by atoms with E-state index in [4.69, 9.17) is 45.9 Å². The lowest BCUT2D eigenvalue weighted by atomic mass is 9.79. The molecule has 2 aromatic rings. The lowest BCUT2D eigenvalue weighted by Crippen LogP contribution is -2.57. The zero-order valence-corrected chi connectivity index (χ0v) is 16.4. The number of H-pyrrole nitrogens is 1. The molecule has 1 unspecified atom stereocenters. The van der Waals surface area contributed by atoms with Crippen LogP contribution >= 0.6 is 35.4 Å². The highest BCUT2D eigenvalue weighted by atomic mass is 35.5. The topological polar surface area (TPSA) is 122 Å². The van der Waals surface area contributed by atoms with Crippen molar-refractivity contribution in [3.8, 4) is 11.3 Å². The van der Waals surface area contributed by atoms with Gasteiger partial charge in [-0.15, -0.1) is 0 Å². The number of rotatable bonds is 2. The van der Waals surface area contributed by atoms with Crippen molar-refractivity contribution in [1.82, 2.24) is 19.5 Å². The summed E-state index contributed by atoms with van der Waals surface area (Å²) in [7, 11) is 0. The molecule has 4 atom stereocenters. The molecule has 1 aliphatic heterocycles. The van der Waals surface area contributed by atoms with Gasteiger partial charge in [0.1, 0.15) is 21.9 Å². The number of nitrogens with zero attached hydrogens (tertiary/aromatic N) is 3. The van der Waals surface area contributed by atoms with Crippen molar-refractivity contribution < 1.29 is 14.9 Å². The van der Waals surface area contributed by atoms with E-state index in [1.165, 1.54) is 31.7 Å². The Balaban J connectivity index is 2.26. The molecule has 0 aromatic carbocycles. The number of aliphatic hydroxyl groups is 2. The monoisotopic (exact) mass is 417 g/mol. The number of halogens is 2. The minimum atomic E-state index is -1.76. The Morgan fingerprint density at radius 2 is 2.19 bits per heavy atom. The first kappa shape index (κ1) is 19.4. The van der Waals surface area contributed by atoms with Crippen molar-refractivity contribution >= 4 is 52.5 Å². The van der Waals surface area contributed by atoms with Gasteiger partial charge in [-0.3, -0.25) is 4.57 Å². The van der Waals surface area contributed by atoms with Crippen molar-refractivity contribution in [3.63, 3.8) is 0 Å². The summed E-state index contributed by atoms with van der Waals surface area (Å²) in [5.74, 6) is 2.68. The molecular weight excluding hydrogens is 401 g/mol. The normalized spacial score (nSPS) is 31.8. The molecule has 0 saturated carbocycles. The summed E-state index contributed by atoms with van der Waals surface area (Å²) in [6.07, 6.45) is -0.750. The minimum Gasteiger partial charge on any atom is -0.388 e. The summed E-state index contributed by atoms with van der Waals surface area (Å²) in [5, 5.41) is 23.8. The molecule has 140 valence electrons. The maximum Gasteiger partial charge on any atom is 0.200 e. The van der Waals surface area contributed by atoms with Crippen LogP contribution in [0.25, 0.3) is 11.2 Å². The quantitative estimate of drug-likeness (QED) is 0.332. The summed E-state index contributed by atoms with van der Waals surface area (Å²) >= 11 is 17.5. The molecule has 0 spiro atoms. The number of aromatic nitrogens is 4. The van der Waals surface area contributed by atoms with Crippen molar-refractivity contribution in [2.24, 2.45) is 0 Å². The smallest absolute Gasteiger partial charge is 0.200 e. The van der Waals surface area contributed by atoms with E-state index < -0.39 is 28.4 Å². The van der Waals surface area contributed by atoms with E-state index in [2.05, 4.69) is 26.3 Å². The fourth-order valence-electron chi connectivity index (χ4n) is 3.28. The van der Waals surface area contributed by atoms with E-state index in [1.54, 1.807) is 0 Å². The van der Waals surface area contributed by atoms with Gasteiger partial charge >= 0.3 is 0 Å². The van der Waals surface area contributed by atoms with E-state index in [9.17, 15) is 10.2 Å². The third-order valence-corrected chi connectivity index (χ3v) is 5.48. The highest BCUT2D eigenvalue weighted by Crippen LogP contribution is 2.52. The lowest BCUT2D eigenvalue weighted by Gasteiger charge is -2.37. The number of ether oxygens (including phenoxy) is 1. The summed E-state index contributed by atoms with van der Waals surface area (Å²) in [5.41, 5.74) is 3.22. The molecule has 11 heteroatoms. The Labute approximate surface area is 164 Å². The number of aromatic amines is 1. The van der Waals surface area contributed by atoms with Crippen molar-refractivity contribution in [3.05, 3.63) is 11.0 Å². The van der Waals surface area contributed by atoms with Gasteiger partial charge in [0.05, 0.1) is 11.9 Å². The summed E-state index contributed by atoms with van der Waals surface area (Å²) in [4.78, 5) is 9.41. The van der Waals surface area contributed by atoms with Crippen LogP contribution in [0.5, 0.6) is 0 Å². The maximum atomic E-state index is 11.1. The van der Waals surface area contributed by atoms with Gasteiger partial charge in [0, 0.05) is 5.38 Å². The Hall–Kier alpha value is -1.41. The molecule has 26 heavy (non-hydrogen) atoms. The van der Waals surface area contributed by atoms with Gasteiger partial charge < -0.3 is 25.7 Å². The fraction of sp³-hybridized carbons (Fsp3) is 0.533. The second-order valence-electron chi connectivity index (χ2n) is 6.88. The first-order valence-electron chi connectivity index (χ1n) is 7.57. The van der Waals surface area contributed by atoms with Crippen molar-refractivity contribution in [2.75, 3.05) is 5.73 Å². The Morgan fingerprint density at radius 1 is 1.54 bits per heavy atom. The number of nitrogen functional groups attached to an aromatic ring is 1. The van der Waals surface area contributed by atoms with Gasteiger partial charge in [-0.1, -0.05) is 29.7 Å². The number of nitrogens with two attached hydrogens (primary N) is 1. The lowest BCUT2D eigenvalue weighted by molar-refractivity contribution is -0.147. The average Bonchev–Trinajstić information content (AvgIpc) is 2.97. The highest BCUT2D eigenvalue weighted by Gasteiger charge is 2.67. The van der Waals surface area contributed by atoms with Gasteiger partial charge in [-0.25, -0.2) is 4.98 Å². The Morgan fingerprint density at radius 3 is 2.77 bits per heavy atom. The molecule has 1 fully saturated rings. The van der Waals surface area contributed by atoms with E-state index in [0.717, 1.165) is 0 Å². The molecule has 8 nitrogen and oxygen atoms in total. The van der Waals surface area contributed by atoms with Gasteiger partial charge in [-0.2, -0.15) is 4.98 Å². The summed E-state index contributed by atoms with van der Waals surface area (Å²) < 4.78 is 7.70. The Bertz CT molecular complexity index is 987. The van der Waals surface area contributed by atoms with Crippen LogP contribution in [0.4, 0.5) is 5.95 Å². The van der Waals surface area contributed by atoms with Gasteiger partial charge in [0.25, 0.3) is 0 Å². The van der Waals surface area contributed by atoms with Crippen LogP contribution in [0.1, 0.15) is 27.0 Å². The van der Waals surface area contributed by atoms with Crippen LogP contribution in [0.3, 0.4) is 0 Å². The number of nitrogens with one attached hydrogen (secondary N) is 1. The number of imidazole rings is 1. The summed E-state index contributed by atoms with van der Waals surface area (Å²) in [6, 6.07) is 0. The second-order valence-corrected chi connectivity index (χ2v) is 8.07. The molecule has 3 rings (SSSR count). The van der Waals surface area contributed by atoms with E-state index in [-0.39, 0.29) is 5.95 Å². The first-order valence-corrected chi connectivity index (χ1v) is 8.74. The first-order chi connectivity index (χ1) is 11.9. The van der Waals surface area contributed by atoms with Gasteiger partial charge in [-0.05, 0) is 32.4 Å². The predicted octanol–water partition coefficient (Wildman–Crippen LogP) is 1.67. The number of alkyl halides is 1.